The largest absolute Gasteiger partial charge is 0.419 e. The lowest BCUT2D eigenvalue weighted by Crippen LogP contribution is -2.11. The second kappa shape index (κ2) is 4.46. The first-order chi connectivity index (χ1) is 8.06. The molecule has 7 heteroatoms. The molecular formula is C10H11N5OS. The molecule has 2 rings (SSSR count). The summed E-state index contributed by atoms with van der Waals surface area (Å²) in [6.45, 7) is 1.88. The van der Waals surface area contributed by atoms with Crippen LogP contribution in [0.4, 0.5) is 0 Å². The van der Waals surface area contributed by atoms with E-state index in [2.05, 4.69) is 15.1 Å². The second-order valence-electron chi connectivity index (χ2n) is 3.45. The molecular weight excluding hydrogens is 238 g/mol. The number of aromatic nitrogens is 4. The zero-order chi connectivity index (χ0) is 12.4. The summed E-state index contributed by atoms with van der Waals surface area (Å²) in [4.78, 5) is 8.29. The Morgan fingerprint density at radius 2 is 2.18 bits per heavy atom. The summed E-state index contributed by atoms with van der Waals surface area (Å²) < 4.78 is 7.13. The summed E-state index contributed by atoms with van der Waals surface area (Å²) in [6, 6.07) is 1.81. The smallest absolute Gasteiger partial charge is 0.239 e. The van der Waals surface area contributed by atoms with Crippen molar-refractivity contribution in [1.82, 2.24) is 19.7 Å². The Labute approximate surface area is 103 Å². The number of aryl methyl sites for hydroxylation is 2. The molecule has 0 atom stereocenters. The Morgan fingerprint density at radius 3 is 2.65 bits per heavy atom. The topological polar surface area (TPSA) is 78.9 Å². The maximum atomic E-state index is 5.51. The molecule has 2 N–H and O–H groups in total. The fourth-order valence-electron chi connectivity index (χ4n) is 1.29. The summed E-state index contributed by atoms with van der Waals surface area (Å²) in [5.41, 5.74) is 6.75. The third-order valence-electron chi connectivity index (χ3n) is 2.05. The summed E-state index contributed by atoms with van der Waals surface area (Å²) >= 11 is 4.78. The first-order valence-corrected chi connectivity index (χ1v) is 5.27. The van der Waals surface area contributed by atoms with Crippen LogP contribution >= 0.6 is 12.2 Å². The molecule has 0 unspecified atom stereocenters. The first-order valence-electron chi connectivity index (χ1n) is 4.86. The predicted molar refractivity (Wildman–Crippen MR) is 65.9 cm³/mol. The number of nitrogens with two attached hydrogens (primary N) is 1. The van der Waals surface area contributed by atoms with Gasteiger partial charge in [-0.25, -0.2) is 14.6 Å². The Bertz CT molecular complexity index is 548. The van der Waals surface area contributed by atoms with E-state index < -0.39 is 0 Å². The number of ether oxygens (including phenoxy) is 1. The number of hydrogen-bond acceptors (Lipinski definition) is 5. The molecule has 2 heterocycles. The van der Waals surface area contributed by atoms with Gasteiger partial charge in [-0.05, 0) is 6.92 Å². The average Bonchev–Trinajstić information content (AvgIpc) is 2.58. The van der Waals surface area contributed by atoms with Gasteiger partial charge in [-0.15, -0.1) is 0 Å². The molecule has 2 aromatic rings. The standard InChI is InChI=1S/C10H11N5OS/c1-6-3-9(15(2)14-6)16-8-5-12-7(4-13-8)10(11)17/h3-5H,1-2H3,(H2,11,17). The van der Waals surface area contributed by atoms with E-state index in [0.717, 1.165) is 5.69 Å². The molecule has 0 aliphatic heterocycles. The highest BCUT2D eigenvalue weighted by molar-refractivity contribution is 7.80. The molecule has 0 saturated carbocycles. The molecule has 88 valence electrons. The summed E-state index contributed by atoms with van der Waals surface area (Å²) in [7, 11) is 1.79. The molecule has 6 nitrogen and oxygen atoms in total. The van der Waals surface area contributed by atoms with Crippen LogP contribution in [0, 0.1) is 6.92 Å². The van der Waals surface area contributed by atoms with E-state index >= 15 is 0 Å². The molecule has 2 aromatic heterocycles. The highest BCUT2D eigenvalue weighted by atomic mass is 32.1. The van der Waals surface area contributed by atoms with Gasteiger partial charge >= 0.3 is 0 Å². The third-order valence-corrected chi connectivity index (χ3v) is 2.26. The van der Waals surface area contributed by atoms with Crippen LogP contribution in [0.3, 0.4) is 0 Å². The van der Waals surface area contributed by atoms with Crippen LogP contribution in [0.25, 0.3) is 0 Å². The summed E-state index contributed by atoms with van der Waals surface area (Å²) in [5.74, 6) is 0.966. The van der Waals surface area contributed by atoms with Crippen molar-refractivity contribution in [1.29, 1.82) is 0 Å². The second-order valence-corrected chi connectivity index (χ2v) is 3.89. The van der Waals surface area contributed by atoms with Gasteiger partial charge in [0.1, 0.15) is 10.7 Å². The van der Waals surface area contributed by atoms with Crippen molar-refractivity contribution in [2.45, 2.75) is 6.92 Å². The minimum absolute atomic E-state index is 0.209. The van der Waals surface area contributed by atoms with Gasteiger partial charge in [0, 0.05) is 13.1 Å². The van der Waals surface area contributed by atoms with Gasteiger partial charge in [0.25, 0.3) is 0 Å². The number of rotatable bonds is 3. The zero-order valence-corrected chi connectivity index (χ0v) is 10.2. The lowest BCUT2D eigenvalue weighted by Gasteiger charge is -2.04. The van der Waals surface area contributed by atoms with Crippen LogP contribution in [-0.2, 0) is 7.05 Å². The van der Waals surface area contributed by atoms with Crippen molar-refractivity contribution < 1.29 is 4.74 Å². The molecule has 0 spiro atoms. The van der Waals surface area contributed by atoms with E-state index in [9.17, 15) is 0 Å². The maximum absolute atomic E-state index is 5.51. The van der Waals surface area contributed by atoms with Gasteiger partial charge in [-0.3, -0.25) is 0 Å². The van der Waals surface area contributed by atoms with Crippen molar-refractivity contribution in [3.8, 4) is 11.8 Å². The molecule has 0 aliphatic carbocycles. The van der Waals surface area contributed by atoms with Crippen LogP contribution in [0.5, 0.6) is 11.8 Å². The fraction of sp³-hybridized carbons (Fsp3) is 0.200. The zero-order valence-electron chi connectivity index (χ0n) is 9.41. The lowest BCUT2D eigenvalue weighted by atomic mass is 10.4. The Balaban J connectivity index is 2.19. The van der Waals surface area contributed by atoms with Crippen LogP contribution in [0.1, 0.15) is 11.4 Å². The monoisotopic (exact) mass is 249 g/mol. The van der Waals surface area contributed by atoms with Gasteiger partial charge in [0.2, 0.25) is 11.8 Å². The first kappa shape index (κ1) is 11.5. The van der Waals surface area contributed by atoms with E-state index in [-0.39, 0.29) is 4.99 Å². The normalized spacial score (nSPS) is 10.2. The van der Waals surface area contributed by atoms with Gasteiger partial charge in [0.15, 0.2) is 0 Å². The Morgan fingerprint density at radius 1 is 1.41 bits per heavy atom. The summed E-state index contributed by atoms with van der Waals surface area (Å²) in [6.07, 6.45) is 2.94. The molecule has 0 aromatic carbocycles. The summed E-state index contributed by atoms with van der Waals surface area (Å²) in [5, 5.41) is 4.16. The number of hydrogen-bond donors (Lipinski definition) is 1. The fourth-order valence-corrected chi connectivity index (χ4v) is 1.39. The van der Waals surface area contributed by atoms with Crippen LogP contribution in [-0.4, -0.2) is 24.7 Å². The lowest BCUT2D eigenvalue weighted by molar-refractivity contribution is 0.413. The number of nitrogens with zero attached hydrogens (tertiary/aromatic N) is 4. The van der Waals surface area contributed by atoms with E-state index in [1.165, 1.54) is 12.4 Å². The highest BCUT2D eigenvalue weighted by Crippen LogP contribution is 2.18. The van der Waals surface area contributed by atoms with Crippen molar-refractivity contribution in [3.05, 3.63) is 29.8 Å². The van der Waals surface area contributed by atoms with Crippen LogP contribution in [0.2, 0.25) is 0 Å². The number of thiocarbonyl (C=S) groups is 1. The van der Waals surface area contributed by atoms with Crippen LogP contribution in [0.15, 0.2) is 18.5 Å². The van der Waals surface area contributed by atoms with E-state index in [1.807, 2.05) is 13.0 Å². The van der Waals surface area contributed by atoms with Crippen molar-refractivity contribution in [3.63, 3.8) is 0 Å². The molecule has 0 fully saturated rings. The SMILES string of the molecule is Cc1cc(Oc2cnc(C(N)=S)cn2)n(C)n1. The predicted octanol–water partition coefficient (Wildman–Crippen LogP) is 0.945. The highest BCUT2D eigenvalue weighted by Gasteiger charge is 2.06. The quantitative estimate of drug-likeness (QED) is 0.816. The minimum Gasteiger partial charge on any atom is -0.419 e. The molecule has 0 bridgehead atoms. The van der Waals surface area contributed by atoms with Gasteiger partial charge in [-0.1, -0.05) is 12.2 Å². The van der Waals surface area contributed by atoms with Crippen molar-refractivity contribution in [2.75, 3.05) is 0 Å². The molecule has 0 saturated heterocycles. The van der Waals surface area contributed by atoms with Crippen LogP contribution < -0.4 is 10.5 Å². The molecule has 0 radical (unpaired) electrons. The minimum atomic E-state index is 0.209. The van der Waals surface area contributed by atoms with Gasteiger partial charge in [0.05, 0.1) is 18.1 Å². The Hall–Kier alpha value is -2.02. The third kappa shape index (κ3) is 2.56. The Kier molecular flexibility index (Phi) is 3.01. The average molecular weight is 249 g/mol. The van der Waals surface area contributed by atoms with Crippen molar-refractivity contribution >= 4 is 17.2 Å². The molecule has 0 amide bonds. The van der Waals surface area contributed by atoms with E-state index in [1.54, 1.807) is 11.7 Å². The van der Waals surface area contributed by atoms with E-state index in [0.29, 0.717) is 17.5 Å². The van der Waals surface area contributed by atoms with E-state index in [4.69, 9.17) is 22.7 Å². The molecule has 0 aliphatic rings. The van der Waals surface area contributed by atoms with Gasteiger partial charge < -0.3 is 10.5 Å². The van der Waals surface area contributed by atoms with Gasteiger partial charge in [-0.2, -0.15) is 5.10 Å². The molecule has 17 heavy (non-hydrogen) atoms. The maximum Gasteiger partial charge on any atom is 0.239 e. The van der Waals surface area contributed by atoms with Crippen molar-refractivity contribution in [2.24, 2.45) is 12.8 Å².